The van der Waals surface area contributed by atoms with E-state index in [4.69, 9.17) is 51.6 Å². The number of hydrogen-bond acceptors (Lipinski definition) is 18. The minimum atomic E-state index is -1.45. The number of aliphatic carboxylic acids is 1. The Hall–Kier alpha value is -9.45. The summed E-state index contributed by atoms with van der Waals surface area (Å²) in [6, 6.07) is -4.31. The second kappa shape index (κ2) is 48.4. The highest BCUT2D eigenvalue weighted by molar-refractivity contribution is 5.99. The van der Waals surface area contributed by atoms with Gasteiger partial charge < -0.3 is 115 Å². The molecule has 36 heteroatoms. The van der Waals surface area contributed by atoms with E-state index in [1.54, 1.807) is 58.0 Å². The van der Waals surface area contributed by atoms with E-state index >= 15 is 4.79 Å². The number of amides is 11. The van der Waals surface area contributed by atoms with E-state index in [2.05, 4.69) is 68.1 Å². The Labute approximate surface area is 597 Å². The van der Waals surface area contributed by atoms with Crippen LogP contribution in [0.3, 0.4) is 0 Å². The predicted octanol–water partition coefficient (Wildman–Crippen LogP) is -4.70. The Bertz CT molecular complexity index is 2950. The summed E-state index contributed by atoms with van der Waals surface area (Å²) >= 11 is 0. The molecule has 29 N–H and O–H groups in total. The topological polar surface area (TPSA) is 620 Å². The van der Waals surface area contributed by atoms with Crippen molar-refractivity contribution in [3.8, 4) is 0 Å². The molecule has 36 nitrogen and oxygen atoms in total. The molecular formula is C66H117N23O13. The molecule has 1 fully saturated rings. The second-order valence-corrected chi connectivity index (χ2v) is 26.3. The molecule has 102 heavy (non-hydrogen) atoms. The zero-order valence-electron chi connectivity index (χ0n) is 60.1. The van der Waals surface area contributed by atoms with Crippen molar-refractivity contribution in [2.45, 2.75) is 218 Å². The molecule has 0 spiro atoms. The molecule has 1 heterocycles. The number of rotatable bonds is 50. The number of aliphatic imine (C=N–C) groups is 3. The standard InChI is InChI=1S/C66H117N23O13/c1-7-40(6)53(61(99)84-45(25-17-31-78-66(74)75)62(100)89-32-18-26-50(89)60(98)83-42(21-11-13-27-67)55(93)86-48(34-39(4)5)58(96)85-46(63(101)102)22-12-14-28-68)88-56(94)44(24-16-30-77-65(72)73)81-54(92)43(23-15-29-76-64(70)71)82-57(95)47(33-38(2)3)87-59(97)49(35-41-19-9-8-10-20-41)80-52(91)37-79-51(90)36-69/h8-10,19-20,38-40,42-50,53H,7,11-18,21-37,67-69H2,1-6H3,(H,79,90)(H,80,91)(H,81,92)(H,82,95)(H,83,98)(H,84,99)(H,85,96)(H,86,93)(H,87,97)(H,88,94)(H,101,102)(H4,70,71,76)(H4,72,73,77)(H4,74,75,78)/t40-,42-,43-,44-,45-,46-,47-,48-,49-,50-,53-/m0/s1. The van der Waals surface area contributed by atoms with E-state index in [9.17, 15) is 57.8 Å². The fourth-order valence-electron chi connectivity index (χ4n) is 11.1. The normalized spacial score (nSPS) is 15.5. The Balaban J connectivity index is 2.61. The van der Waals surface area contributed by atoms with Crippen LogP contribution in [0.15, 0.2) is 45.3 Å². The highest BCUT2D eigenvalue weighted by Crippen LogP contribution is 2.22. The average molecular weight is 1440 g/mol. The lowest BCUT2D eigenvalue weighted by atomic mass is 9.96. The molecule has 1 aliphatic rings. The quantitative estimate of drug-likeness (QED) is 0.0166. The molecule has 0 unspecified atom stereocenters. The second-order valence-electron chi connectivity index (χ2n) is 26.3. The summed E-state index contributed by atoms with van der Waals surface area (Å²) in [4.78, 5) is 181. The highest BCUT2D eigenvalue weighted by Gasteiger charge is 2.41. The number of nitrogens with two attached hydrogens (primary N) is 9. The Morgan fingerprint density at radius 2 is 0.902 bits per heavy atom. The summed E-state index contributed by atoms with van der Waals surface area (Å²) in [6.07, 6.45) is 2.94. The number of carbonyl (C=O) groups excluding carboxylic acids is 11. The van der Waals surface area contributed by atoms with Crippen LogP contribution >= 0.6 is 0 Å². The molecule has 11 atom stereocenters. The number of carboxylic acids is 1. The van der Waals surface area contributed by atoms with E-state index in [1.165, 1.54) is 4.90 Å². The molecule has 1 aromatic carbocycles. The number of nitrogens with one attached hydrogen (secondary N) is 10. The number of likely N-dealkylation sites (tertiary alicyclic amines) is 1. The van der Waals surface area contributed by atoms with E-state index in [1.807, 2.05) is 13.8 Å². The van der Waals surface area contributed by atoms with Crippen LogP contribution in [0.2, 0.25) is 0 Å². The van der Waals surface area contributed by atoms with E-state index in [-0.39, 0.29) is 146 Å². The largest absolute Gasteiger partial charge is 0.480 e. The van der Waals surface area contributed by atoms with E-state index in [0.29, 0.717) is 50.6 Å². The predicted molar refractivity (Wildman–Crippen MR) is 386 cm³/mol. The number of carboxylic acid groups (broad SMARTS) is 1. The fourth-order valence-corrected chi connectivity index (χ4v) is 11.1. The van der Waals surface area contributed by atoms with Gasteiger partial charge in [-0.05, 0) is 139 Å². The molecule has 0 saturated carbocycles. The number of carbonyl (C=O) groups is 12. The first kappa shape index (κ1) is 88.6. The average Bonchev–Trinajstić information content (AvgIpc) is 1.62. The smallest absolute Gasteiger partial charge is 0.326 e. The van der Waals surface area contributed by atoms with Gasteiger partial charge in [0.05, 0.1) is 13.1 Å². The summed E-state index contributed by atoms with van der Waals surface area (Å²) in [6.45, 7) is 10.5. The first-order valence-electron chi connectivity index (χ1n) is 35.2. The van der Waals surface area contributed by atoms with Gasteiger partial charge in [-0.15, -0.1) is 0 Å². The molecule has 1 aromatic rings. The van der Waals surface area contributed by atoms with Crippen LogP contribution in [0.1, 0.15) is 156 Å². The van der Waals surface area contributed by atoms with Gasteiger partial charge in [0.15, 0.2) is 17.9 Å². The van der Waals surface area contributed by atoms with Crippen molar-refractivity contribution < 1.29 is 62.6 Å². The summed E-state index contributed by atoms with van der Waals surface area (Å²) in [5, 5.41) is 36.7. The molecule has 0 radical (unpaired) electrons. The van der Waals surface area contributed by atoms with Gasteiger partial charge in [0, 0.05) is 32.6 Å². The minimum absolute atomic E-state index is 0.00576. The molecule has 1 aliphatic heterocycles. The SMILES string of the molecule is CC[C@H](C)[C@H](NC(=O)[C@H](CCCN=C(N)N)NC(=O)[C@H](CCCN=C(N)N)NC(=O)[C@H](CC(C)C)NC(=O)[C@H](Cc1ccccc1)NC(=O)CNC(=O)CN)C(=O)N[C@@H](CCCN=C(N)N)C(=O)N1CCC[C@H]1C(=O)N[C@@H](CCCCN)C(=O)N[C@@H](CC(C)C)C(=O)N[C@@H](CCCCN)C(=O)O. The third kappa shape index (κ3) is 34.8. The van der Waals surface area contributed by atoms with Crippen molar-refractivity contribution in [1.29, 1.82) is 0 Å². The fraction of sp³-hybridized carbons (Fsp3) is 0.682. The van der Waals surface area contributed by atoms with Crippen LogP contribution in [0, 0.1) is 17.8 Å². The van der Waals surface area contributed by atoms with Gasteiger partial charge in [-0.1, -0.05) is 78.3 Å². The monoisotopic (exact) mass is 1440 g/mol. The molecule has 11 amide bonds. The van der Waals surface area contributed by atoms with Crippen LogP contribution in [0.4, 0.5) is 0 Å². The van der Waals surface area contributed by atoms with Gasteiger partial charge >= 0.3 is 5.97 Å². The van der Waals surface area contributed by atoms with E-state index in [0.717, 1.165) is 0 Å². The lowest BCUT2D eigenvalue weighted by Crippen LogP contribution is -2.61. The number of benzene rings is 1. The molecule has 1 saturated heterocycles. The van der Waals surface area contributed by atoms with Crippen molar-refractivity contribution in [2.24, 2.45) is 84.3 Å². The first-order chi connectivity index (χ1) is 48.3. The zero-order valence-corrected chi connectivity index (χ0v) is 60.1. The van der Waals surface area contributed by atoms with Gasteiger partial charge in [-0.2, -0.15) is 0 Å². The maximum absolute atomic E-state index is 15.0. The summed E-state index contributed by atoms with van der Waals surface area (Å²) in [7, 11) is 0. The molecule has 0 aliphatic carbocycles. The number of unbranched alkanes of at least 4 members (excludes halogenated alkanes) is 2. The molecule has 0 bridgehead atoms. The maximum Gasteiger partial charge on any atom is 0.326 e. The summed E-state index contributed by atoms with van der Waals surface area (Å²) in [5.74, 6) is -11.3. The van der Waals surface area contributed by atoms with Crippen LogP contribution in [-0.4, -0.2) is 212 Å². The number of hydrogen-bond donors (Lipinski definition) is 20. The van der Waals surface area contributed by atoms with Crippen molar-refractivity contribution >= 4 is 88.8 Å². The van der Waals surface area contributed by atoms with Crippen LogP contribution < -0.4 is 105 Å². The van der Waals surface area contributed by atoms with Crippen LogP contribution in [0.5, 0.6) is 0 Å². The minimum Gasteiger partial charge on any atom is -0.480 e. The van der Waals surface area contributed by atoms with Crippen molar-refractivity contribution in [3.05, 3.63) is 35.9 Å². The van der Waals surface area contributed by atoms with Gasteiger partial charge in [0.2, 0.25) is 65.0 Å². The first-order valence-corrected chi connectivity index (χ1v) is 35.2. The number of guanidine groups is 3. The lowest BCUT2D eigenvalue weighted by Gasteiger charge is -2.32. The maximum atomic E-state index is 15.0. The van der Waals surface area contributed by atoms with Crippen LogP contribution in [0.25, 0.3) is 0 Å². The zero-order chi connectivity index (χ0) is 76.4. The van der Waals surface area contributed by atoms with Crippen molar-refractivity contribution in [3.63, 3.8) is 0 Å². The summed E-state index contributed by atoms with van der Waals surface area (Å²) in [5.41, 5.74) is 51.2. The Morgan fingerprint density at radius 3 is 1.35 bits per heavy atom. The lowest BCUT2D eigenvalue weighted by molar-refractivity contribution is -0.143. The van der Waals surface area contributed by atoms with Crippen molar-refractivity contribution in [2.75, 3.05) is 52.4 Å². The van der Waals surface area contributed by atoms with E-state index < -0.39 is 144 Å². The van der Waals surface area contributed by atoms with Gasteiger partial charge in [-0.3, -0.25) is 67.7 Å². The van der Waals surface area contributed by atoms with Gasteiger partial charge in [0.25, 0.3) is 0 Å². The molecule has 2 rings (SSSR count). The highest BCUT2D eigenvalue weighted by atomic mass is 16.4. The molecule has 0 aromatic heterocycles. The number of nitrogens with zero attached hydrogens (tertiary/aromatic N) is 4. The third-order valence-electron chi connectivity index (χ3n) is 16.7. The summed E-state index contributed by atoms with van der Waals surface area (Å²) < 4.78 is 0. The molecular weight excluding hydrogens is 1320 g/mol. The van der Waals surface area contributed by atoms with Crippen LogP contribution in [-0.2, 0) is 64.0 Å². The Morgan fingerprint density at radius 1 is 0.490 bits per heavy atom. The third-order valence-corrected chi connectivity index (χ3v) is 16.7. The van der Waals surface area contributed by atoms with Crippen molar-refractivity contribution in [1.82, 2.24) is 58.1 Å². The van der Waals surface area contributed by atoms with Gasteiger partial charge in [0.1, 0.15) is 60.4 Å². The Kier molecular flexibility index (Phi) is 42.0. The molecule has 574 valence electrons. The van der Waals surface area contributed by atoms with Gasteiger partial charge in [-0.25, -0.2) is 4.79 Å².